The van der Waals surface area contributed by atoms with E-state index in [4.69, 9.17) is 14.2 Å². The van der Waals surface area contributed by atoms with Crippen molar-refractivity contribution in [2.24, 2.45) is 0 Å². The second-order valence-corrected chi connectivity index (χ2v) is 14.7. The summed E-state index contributed by atoms with van der Waals surface area (Å²) in [5, 5.41) is 6.14. The van der Waals surface area contributed by atoms with E-state index in [1.165, 1.54) is 12.1 Å². The van der Waals surface area contributed by atoms with Crippen LogP contribution in [0.25, 0.3) is 86.3 Å². The van der Waals surface area contributed by atoms with Crippen LogP contribution in [-0.2, 0) is 10.1 Å². The Morgan fingerprint density at radius 2 is 1.16 bits per heavy atom. The van der Waals surface area contributed by atoms with Gasteiger partial charge in [-0.15, -0.1) is 11.3 Å². The minimum Gasteiger partial charge on any atom is -0.376 e. The quantitative estimate of drug-likeness (QED) is 0.101. The molecule has 0 aliphatic rings. The fraction of sp³-hybridized carbons (Fsp3) is 0.0244. The summed E-state index contributed by atoms with van der Waals surface area (Å²) in [7, 11) is -5.93. The molecule has 0 aliphatic heterocycles. The van der Waals surface area contributed by atoms with E-state index in [1.54, 1.807) is 17.5 Å². The molecule has 2 heterocycles. The number of thiophene rings is 1. The Labute approximate surface area is 293 Å². The monoisotopic (exact) mass is 712 g/mol. The first-order valence-corrected chi connectivity index (χ1v) is 18.1. The number of fused-ring (bicyclic) bond motifs is 9. The molecule has 0 amide bonds. The Kier molecular flexibility index (Phi) is 7.10. The highest BCUT2D eigenvalue weighted by atomic mass is 32.2. The van der Waals surface area contributed by atoms with Crippen LogP contribution in [0.15, 0.2) is 140 Å². The van der Waals surface area contributed by atoms with E-state index >= 15 is 0 Å². The molecule has 0 atom stereocenters. The van der Waals surface area contributed by atoms with Crippen LogP contribution in [0.2, 0.25) is 0 Å². The molecule has 0 bridgehead atoms. The summed E-state index contributed by atoms with van der Waals surface area (Å²) < 4.78 is 71.6. The number of benzene rings is 7. The molecule has 0 unspecified atom stereocenters. The van der Waals surface area contributed by atoms with Crippen molar-refractivity contribution in [3.8, 4) is 39.3 Å². The van der Waals surface area contributed by atoms with Crippen molar-refractivity contribution in [3.05, 3.63) is 140 Å². The first-order chi connectivity index (χ1) is 24.6. The van der Waals surface area contributed by atoms with Crippen LogP contribution in [0.4, 0.5) is 13.2 Å². The summed E-state index contributed by atoms with van der Waals surface area (Å²) in [4.78, 5) is 9.94. The Hall–Kier alpha value is -5.84. The van der Waals surface area contributed by atoms with E-state index in [0.29, 0.717) is 22.4 Å². The smallest absolute Gasteiger partial charge is 0.376 e. The van der Waals surface area contributed by atoms with Gasteiger partial charge in [0.05, 0.1) is 22.9 Å². The van der Waals surface area contributed by atoms with Crippen LogP contribution in [0.5, 0.6) is 5.75 Å². The maximum absolute atomic E-state index is 13.5. The Morgan fingerprint density at radius 1 is 0.569 bits per heavy atom. The number of hydrogen-bond acceptors (Lipinski definition) is 6. The lowest BCUT2D eigenvalue weighted by Gasteiger charge is -2.14. The van der Waals surface area contributed by atoms with Crippen molar-refractivity contribution in [1.29, 1.82) is 0 Å². The van der Waals surface area contributed by atoms with Crippen molar-refractivity contribution in [3.63, 3.8) is 0 Å². The Bertz CT molecular complexity index is 2940. The lowest BCUT2D eigenvalue weighted by atomic mass is 9.96. The van der Waals surface area contributed by atoms with Gasteiger partial charge in [-0.1, -0.05) is 103 Å². The van der Waals surface area contributed by atoms with Gasteiger partial charge in [-0.3, -0.25) is 4.98 Å². The molecule has 9 aromatic rings. The first kappa shape index (κ1) is 31.2. The predicted octanol–water partition coefficient (Wildman–Crippen LogP) is 11.5. The molecule has 5 nitrogen and oxygen atoms in total. The number of halogens is 3. The first-order valence-electron chi connectivity index (χ1n) is 15.9. The van der Waals surface area contributed by atoms with E-state index in [1.807, 2.05) is 109 Å². The van der Waals surface area contributed by atoms with Crippen LogP contribution >= 0.6 is 11.3 Å². The summed E-state index contributed by atoms with van der Waals surface area (Å²) in [6, 6.07) is 41.7. The molecule has 0 spiro atoms. The Balaban J connectivity index is 1.21. The molecule has 0 N–H and O–H groups in total. The average Bonchev–Trinajstić information content (AvgIpc) is 3.53. The fourth-order valence-electron chi connectivity index (χ4n) is 6.74. The molecular formula is C41H23F3N2O3S2. The summed E-state index contributed by atoms with van der Waals surface area (Å²) in [5.74, 6) is -0.452. The van der Waals surface area contributed by atoms with Crippen molar-refractivity contribution in [2.45, 2.75) is 5.51 Å². The van der Waals surface area contributed by atoms with Gasteiger partial charge >= 0.3 is 15.6 Å². The molecule has 9 rings (SSSR count). The number of nitrogens with zero attached hydrogens (tertiary/aromatic N) is 2. The number of aromatic nitrogens is 2. The number of rotatable bonds is 5. The van der Waals surface area contributed by atoms with Gasteiger partial charge in [-0.2, -0.15) is 21.6 Å². The van der Waals surface area contributed by atoms with E-state index in [-0.39, 0.29) is 0 Å². The van der Waals surface area contributed by atoms with Crippen LogP contribution < -0.4 is 4.18 Å². The molecule has 0 radical (unpaired) electrons. The van der Waals surface area contributed by atoms with Gasteiger partial charge in [0.15, 0.2) is 0 Å². The molecule has 2 aromatic heterocycles. The van der Waals surface area contributed by atoms with E-state index in [9.17, 15) is 21.6 Å². The topological polar surface area (TPSA) is 69.2 Å². The second kappa shape index (κ2) is 11.6. The third-order valence-corrected chi connectivity index (χ3v) is 11.2. The van der Waals surface area contributed by atoms with Crippen molar-refractivity contribution in [1.82, 2.24) is 9.97 Å². The highest BCUT2D eigenvalue weighted by Crippen LogP contribution is 2.43. The maximum atomic E-state index is 13.5. The average molecular weight is 713 g/mol. The van der Waals surface area contributed by atoms with Gasteiger partial charge < -0.3 is 4.18 Å². The van der Waals surface area contributed by atoms with Gasteiger partial charge in [0, 0.05) is 36.5 Å². The van der Waals surface area contributed by atoms with Crippen LogP contribution in [0.1, 0.15) is 0 Å². The van der Waals surface area contributed by atoms with Crippen LogP contribution in [-0.4, -0.2) is 23.9 Å². The van der Waals surface area contributed by atoms with Crippen LogP contribution in [0.3, 0.4) is 0 Å². The summed E-state index contributed by atoms with van der Waals surface area (Å²) in [6.07, 6.45) is 1.71. The SMILES string of the molecule is O=S(=O)(Oc1cc(-c2cccc(-c3cnc4c5ccccc5c5ccccc5c4n3)c2)cc(-c2cccc3c2sc2ccccc23)c1)C(F)(F)F. The van der Waals surface area contributed by atoms with Gasteiger partial charge in [0.25, 0.3) is 0 Å². The largest absolute Gasteiger partial charge is 0.534 e. The predicted molar refractivity (Wildman–Crippen MR) is 199 cm³/mol. The molecule has 0 fully saturated rings. The van der Waals surface area contributed by atoms with Crippen molar-refractivity contribution < 1.29 is 25.8 Å². The summed E-state index contributed by atoms with van der Waals surface area (Å²) in [6.45, 7) is 0. The Morgan fingerprint density at radius 3 is 1.90 bits per heavy atom. The van der Waals surface area contributed by atoms with E-state index in [2.05, 4.69) is 12.1 Å². The normalized spacial score (nSPS) is 12.4. The third kappa shape index (κ3) is 5.26. The lowest BCUT2D eigenvalue weighted by molar-refractivity contribution is -0.0500. The van der Waals surface area contributed by atoms with Gasteiger partial charge in [-0.25, -0.2) is 4.98 Å². The molecule has 51 heavy (non-hydrogen) atoms. The van der Waals surface area contributed by atoms with Gasteiger partial charge in [-0.05, 0) is 63.4 Å². The van der Waals surface area contributed by atoms with Gasteiger partial charge in [0.2, 0.25) is 0 Å². The van der Waals surface area contributed by atoms with E-state index in [0.717, 1.165) is 63.9 Å². The molecule has 248 valence electrons. The minimum absolute atomic E-state index is 0.452. The zero-order chi connectivity index (χ0) is 34.9. The molecule has 0 saturated heterocycles. The molecular weight excluding hydrogens is 690 g/mol. The lowest BCUT2D eigenvalue weighted by Crippen LogP contribution is -2.28. The second-order valence-electron chi connectivity index (χ2n) is 12.1. The molecule has 10 heteroatoms. The standard InChI is InChI=1S/C41H23F3N2O3S2/c42-41(43,44)51(47,48)49-28-21-26(20-27(22-28)29-16-8-17-35-32-13-5-6-18-37(32)50-40(29)35)24-9-7-10-25(19-24)36-23-45-38-33-14-3-1-11-30(33)31-12-2-4-15-34(31)39(38)46-36/h1-23H. The molecule has 7 aromatic carbocycles. The maximum Gasteiger partial charge on any atom is 0.534 e. The summed E-state index contributed by atoms with van der Waals surface area (Å²) >= 11 is 1.56. The highest BCUT2D eigenvalue weighted by Gasteiger charge is 2.48. The fourth-order valence-corrected chi connectivity index (χ4v) is 8.42. The zero-order valence-corrected chi connectivity index (χ0v) is 28.0. The van der Waals surface area contributed by atoms with Crippen molar-refractivity contribution in [2.75, 3.05) is 0 Å². The zero-order valence-electron chi connectivity index (χ0n) is 26.3. The number of alkyl halides is 3. The van der Waals surface area contributed by atoms with Crippen molar-refractivity contribution >= 4 is 74.2 Å². The molecule has 0 saturated carbocycles. The van der Waals surface area contributed by atoms with Crippen LogP contribution in [0, 0.1) is 0 Å². The van der Waals surface area contributed by atoms with Gasteiger partial charge in [0.1, 0.15) is 5.75 Å². The number of hydrogen-bond donors (Lipinski definition) is 0. The summed E-state index contributed by atoms with van der Waals surface area (Å²) in [5.41, 5.74) is -0.416. The molecule has 0 aliphatic carbocycles. The minimum atomic E-state index is -5.93. The van der Waals surface area contributed by atoms with E-state index < -0.39 is 21.4 Å². The highest BCUT2D eigenvalue weighted by molar-refractivity contribution is 7.88. The third-order valence-electron chi connectivity index (χ3n) is 9.03.